The van der Waals surface area contributed by atoms with E-state index < -0.39 is 11.9 Å². The van der Waals surface area contributed by atoms with Crippen LogP contribution in [-0.4, -0.2) is 103 Å². The van der Waals surface area contributed by atoms with Crippen molar-refractivity contribution in [3.8, 4) is 5.75 Å². The van der Waals surface area contributed by atoms with Crippen molar-refractivity contribution in [2.45, 2.75) is 20.0 Å². The molecule has 1 saturated heterocycles. The van der Waals surface area contributed by atoms with Crippen LogP contribution in [0.2, 0.25) is 0 Å². The van der Waals surface area contributed by atoms with E-state index in [0.717, 1.165) is 58.1 Å². The summed E-state index contributed by atoms with van der Waals surface area (Å²) in [7, 11) is 1.69. The van der Waals surface area contributed by atoms with Gasteiger partial charge in [0.2, 0.25) is 0 Å². The number of nitrogens with zero attached hydrogens (tertiary/aromatic N) is 3. The van der Waals surface area contributed by atoms with Crippen LogP contribution in [0.25, 0.3) is 0 Å². The zero-order valence-corrected chi connectivity index (χ0v) is 17.5. The number of ether oxygens (including phenoxy) is 1. The number of β-amino-alcohol motifs (C(OH)–C–C–N with tert-alkyl or cyclic N) is 1. The predicted molar refractivity (Wildman–Crippen MR) is 111 cm³/mol. The quantitative estimate of drug-likeness (QED) is 0.531. The zero-order chi connectivity index (χ0) is 21.8. The average Bonchev–Trinajstić information content (AvgIpc) is 2.73. The van der Waals surface area contributed by atoms with Crippen LogP contribution in [0.5, 0.6) is 5.75 Å². The second-order valence-corrected chi connectivity index (χ2v) is 6.74. The third-order valence-corrected chi connectivity index (χ3v) is 4.83. The molecule has 0 amide bonds. The predicted octanol–water partition coefficient (Wildman–Crippen LogP) is 0.676. The number of aliphatic carboxylic acids is 2. The summed E-state index contributed by atoms with van der Waals surface area (Å²) in [6, 6.07) is 8.25. The Labute approximate surface area is 172 Å². The van der Waals surface area contributed by atoms with E-state index in [1.165, 1.54) is 5.69 Å². The highest BCUT2D eigenvalue weighted by atomic mass is 16.5. The Morgan fingerprint density at radius 2 is 1.55 bits per heavy atom. The molecular formula is C20H33N3O6. The summed E-state index contributed by atoms with van der Waals surface area (Å²) in [5.41, 5.74) is 1.24. The van der Waals surface area contributed by atoms with Crippen LogP contribution in [0.3, 0.4) is 0 Å². The van der Waals surface area contributed by atoms with Gasteiger partial charge >= 0.3 is 11.9 Å². The van der Waals surface area contributed by atoms with E-state index in [4.69, 9.17) is 24.5 Å². The van der Waals surface area contributed by atoms with Crippen LogP contribution >= 0.6 is 0 Å². The number of likely N-dealkylation sites (N-methyl/N-ethyl adjacent to an activating group) is 1. The molecule has 1 aliphatic heterocycles. The first kappa shape index (κ1) is 24.7. The van der Waals surface area contributed by atoms with E-state index in [-0.39, 0.29) is 6.10 Å². The lowest BCUT2D eigenvalue weighted by molar-refractivity contribution is -0.159. The molecule has 9 heteroatoms. The molecule has 1 atom stereocenters. The van der Waals surface area contributed by atoms with Gasteiger partial charge in [0.25, 0.3) is 0 Å². The van der Waals surface area contributed by atoms with Crippen molar-refractivity contribution in [1.29, 1.82) is 0 Å². The summed E-state index contributed by atoms with van der Waals surface area (Å²) in [6.45, 7) is 11.8. The lowest BCUT2D eigenvalue weighted by Crippen LogP contribution is -2.50. The van der Waals surface area contributed by atoms with Crippen LogP contribution in [0, 0.1) is 0 Å². The zero-order valence-electron chi connectivity index (χ0n) is 17.5. The fraction of sp³-hybridized carbons (Fsp3) is 0.600. The largest absolute Gasteiger partial charge is 0.497 e. The highest BCUT2D eigenvalue weighted by Gasteiger charge is 2.20. The Hall–Kier alpha value is -2.36. The topological polar surface area (TPSA) is 114 Å². The number of aliphatic hydroxyl groups is 1. The first-order chi connectivity index (χ1) is 13.8. The average molecular weight is 411 g/mol. The first-order valence-corrected chi connectivity index (χ1v) is 9.78. The van der Waals surface area contributed by atoms with Crippen molar-refractivity contribution >= 4 is 17.6 Å². The Bertz CT molecular complexity index is 601. The van der Waals surface area contributed by atoms with Gasteiger partial charge in [0, 0.05) is 45.0 Å². The molecule has 1 aliphatic rings. The van der Waals surface area contributed by atoms with Gasteiger partial charge in [0.1, 0.15) is 5.75 Å². The Morgan fingerprint density at radius 1 is 1.03 bits per heavy atom. The Balaban J connectivity index is 0.000000612. The molecule has 2 rings (SSSR count). The molecule has 29 heavy (non-hydrogen) atoms. The Kier molecular flexibility index (Phi) is 11.0. The summed E-state index contributed by atoms with van der Waals surface area (Å²) in [5, 5.41) is 25.0. The molecule has 164 valence electrons. The first-order valence-electron chi connectivity index (χ1n) is 9.78. The molecule has 0 aromatic heterocycles. The maximum atomic E-state index is 10.3. The molecule has 0 spiro atoms. The molecule has 1 unspecified atom stereocenters. The fourth-order valence-corrected chi connectivity index (χ4v) is 3.12. The van der Waals surface area contributed by atoms with Gasteiger partial charge in [-0.25, -0.2) is 9.59 Å². The second kappa shape index (κ2) is 13.0. The van der Waals surface area contributed by atoms with E-state index in [1.807, 2.05) is 12.1 Å². The third kappa shape index (κ3) is 9.12. The molecule has 0 bridgehead atoms. The SMILES string of the molecule is CCN(CC)CC(O)CN1CCN(c2ccc(OC)cc2)CC1.O=C(O)C(=O)O. The van der Waals surface area contributed by atoms with E-state index in [1.54, 1.807) is 7.11 Å². The van der Waals surface area contributed by atoms with E-state index in [9.17, 15) is 5.11 Å². The van der Waals surface area contributed by atoms with Gasteiger partial charge in [-0.2, -0.15) is 0 Å². The maximum Gasteiger partial charge on any atom is 0.414 e. The number of anilines is 1. The van der Waals surface area contributed by atoms with Crippen molar-refractivity contribution in [2.24, 2.45) is 0 Å². The molecule has 3 N–H and O–H groups in total. The minimum absolute atomic E-state index is 0.262. The molecule has 1 heterocycles. The second-order valence-electron chi connectivity index (χ2n) is 6.74. The minimum Gasteiger partial charge on any atom is -0.497 e. The standard InChI is InChI=1S/C18H31N3O2.C2H2O4/c1-4-19(5-2)14-17(22)15-20-10-12-21(13-11-20)16-6-8-18(23-3)9-7-16;3-1(4)2(5)6/h6-9,17,22H,4-5,10-15H2,1-3H3;(H,3,4)(H,5,6). The number of rotatable bonds is 8. The van der Waals surface area contributed by atoms with Gasteiger partial charge < -0.3 is 29.9 Å². The summed E-state index contributed by atoms with van der Waals surface area (Å²) >= 11 is 0. The number of benzene rings is 1. The minimum atomic E-state index is -1.82. The van der Waals surface area contributed by atoms with Crippen LogP contribution in [0.4, 0.5) is 5.69 Å². The summed E-state index contributed by atoms with van der Waals surface area (Å²) in [4.78, 5) is 25.2. The number of hydrogen-bond donors (Lipinski definition) is 3. The third-order valence-electron chi connectivity index (χ3n) is 4.83. The van der Waals surface area contributed by atoms with E-state index in [0.29, 0.717) is 0 Å². The molecule has 0 saturated carbocycles. The molecular weight excluding hydrogens is 378 g/mol. The highest BCUT2D eigenvalue weighted by molar-refractivity contribution is 6.27. The van der Waals surface area contributed by atoms with Crippen molar-refractivity contribution < 1.29 is 29.6 Å². The number of carbonyl (C=O) groups is 2. The van der Waals surface area contributed by atoms with E-state index >= 15 is 0 Å². The van der Waals surface area contributed by atoms with Crippen LogP contribution in [-0.2, 0) is 9.59 Å². The highest BCUT2D eigenvalue weighted by Crippen LogP contribution is 2.20. The number of aliphatic hydroxyl groups excluding tert-OH is 1. The summed E-state index contributed by atoms with van der Waals surface area (Å²) in [5.74, 6) is -2.75. The van der Waals surface area contributed by atoms with Crippen LogP contribution in [0.15, 0.2) is 24.3 Å². The Morgan fingerprint density at radius 3 is 1.97 bits per heavy atom. The monoisotopic (exact) mass is 411 g/mol. The van der Waals surface area contributed by atoms with Crippen LogP contribution < -0.4 is 9.64 Å². The number of carboxylic acids is 2. The summed E-state index contributed by atoms with van der Waals surface area (Å²) < 4.78 is 5.21. The number of piperazine rings is 1. The number of carboxylic acid groups (broad SMARTS) is 2. The number of hydrogen-bond acceptors (Lipinski definition) is 7. The lowest BCUT2D eigenvalue weighted by atomic mass is 10.2. The number of methoxy groups -OCH3 is 1. The molecule has 1 aromatic rings. The molecule has 0 radical (unpaired) electrons. The van der Waals surface area contributed by atoms with Crippen molar-refractivity contribution in [3.05, 3.63) is 24.3 Å². The van der Waals surface area contributed by atoms with Gasteiger partial charge in [0.15, 0.2) is 0 Å². The summed E-state index contributed by atoms with van der Waals surface area (Å²) in [6.07, 6.45) is -0.262. The van der Waals surface area contributed by atoms with Crippen molar-refractivity contribution in [1.82, 2.24) is 9.80 Å². The van der Waals surface area contributed by atoms with Gasteiger partial charge in [-0.3, -0.25) is 4.90 Å². The molecule has 9 nitrogen and oxygen atoms in total. The fourth-order valence-electron chi connectivity index (χ4n) is 3.12. The van der Waals surface area contributed by atoms with Crippen LogP contribution in [0.1, 0.15) is 13.8 Å². The van der Waals surface area contributed by atoms with Crippen molar-refractivity contribution in [2.75, 3.05) is 64.4 Å². The molecule has 0 aliphatic carbocycles. The van der Waals surface area contributed by atoms with Crippen molar-refractivity contribution in [3.63, 3.8) is 0 Å². The van der Waals surface area contributed by atoms with Gasteiger partial charge in [-0.15, -0.1) is 0 Å². The molecule has 1 aromatic carbocycles. The lowest BCUT2D eigenvalue weighted by Gasteiger charge is -2.37. The molecule has 1 fully saturated rings. The van der Waals surface area contributed by atoms with Gasteiger partial charge in [-0.1, -0.05) is 13.8 Å². The van der Waals surface area contributed by atoms with Gasteiger partial charge in [-0.05, 0) is 37.4 Å². The smallest absolute Gasteiger partial charge is 0.414 e. The van der Waals surface area contributed by atoms with Gasteiger partial charge in [0.05, 0.1) is 13.2 Å². The normalized spacial score (nSPS) is 15.4. The van der Waals surface area contributed by atoms with E-state index in [2.05, 4.69) is 40.7 Å². The maximum absolute atomic E-state index is 10.3.